The Kier molecular flexibility index (Phi) is 4.67. The van der Waals surface area contributed by atoms with Gasteiger partial charge in [0.15, 0.2) is 17.5 Å². The molecule has 21 heavy (non-hydrogen) atoms. The molecule has 0 aliphatic heterocycles. The highest BCUT2D eigenvalue weighted by atomic mass is 19.2. The maximum atomic E-state index is 13.4. The Morgan fingerprint density at radius 3 is 2.19 bits per heavy atom. The maximum absolute atomic E-state index is 13.4. The van der Waals surface area contributed by atoms with E-state index in [9.17, 15) is 13.2 Å². The topological polar surface area (TPSA) is 43.8 Å². The van der Waals surface area contributed by atoms with E-state index in [1.165, 1.54) is 4.68 Å². The Bertz CT molecular complexity index is 627. The van der Waals surface area contributed by atoms with Gasteiger partial charge in [0.05, 0.1) is 11.4 Å². The molecule has 1 aromatic carbocycles. The lowest BCUT2D eigenvalue weighted by Gasteiger charge is -2.08. The van der Waals surface area contributed by atoms with E-state index in [0.717, 1.165) is 29.1 Å². The van der Waals surface area contributed by atoms with Gasteiger partial charge in [-0.3, -0.25) is 0 Å². The molecular formula is C15H18F3N3. The largest absolute Gasteiger partial charge is 0.330 e. The lowest BCUT2D eigenvalue weighted by atomic mass is 10.1. The molecule has 114 valence electrons. The molecule has 2 N–H and O–H groups in total. The summed E-state index contributed by atoms with van der Waals surface area (Å²) in [5.41, 5.74) is 8.51. The number of benzene rings is 1. The first-order chi connectivity index (χ1) is 10.0. The zero-order valence-electron chi connectivity index (χ0n) is 12.1. The third-order valence-electron chi connectivity index (χ3n) is 3.45. The van der Waals surface area contributed by atoms with Gasteiger partial charge >= 0.3 is 0 Å². The second-order valence-corrected chi connectivity index (χ2v) is 4.75. The van der Waals surface area contributed by atoms with Crippen molar-refractivity contribution in [3.63, 3.8) is 0 Å². The quantitative estimate of drug-likeness (QED) is 0.862. The SMILES string of the molecule is CCc1nn(-c2cc(F)c(F)c(F)c2)c(CC)c1CCN. The molecule has 0 aliphatic rings. The molecule has 3 nitrogen and oxygen atoms in total. The van der Waals surface area contributed by atoms with Crippen molar-refractivity contribution in [2.75, 3.05) is 6.54 Å². The molecule has 0 aliphatic carbocycles. The van der Waals surface area contributed by atoms with E-state index in [1.54, 1.807) is 0 Å². The van der Waals surface area contributed by atoms with Gasteiger partial charge in [-0.2, -0.15) is 5.10 Å². The summed E-state index contributed by atoms with van der Waals surface area (Å²) in [7, 11) is 0. The van der Waals surface area contributed by atoms with E-state index in [1.807, 2.05) is 13.8 Å². The Morgan fingerprint density at radius 2 is 1.71 bits per heavy atom. The molecular weight excluding hydrogens is 279 g/mol. The number of nitrogens with two attached hydrogens (primary N) is 1. The minimum atomic E-state index is -1.47. The molecule has 0 fully saturated rings. The van der Waals surface area contributed by atoms with Crippen molar-refractivity contribution in [1.29, 1.82) is 0 Å². The Hall–Kier alpha value is -1.82. The third-order valence-corrected chi connectivity index (χ3v) is 3.45. The lowest BCUT2D eigenvalue weighted by Crippen LogP contribution is -2.08. The minimum absolute atomic E-state index is 0.182. The molecule has 0 amide bonds. The van der Waals surface area contributed by atoms with Crippen molar-refractivity contribution < 1.29 is 13.2 Å². The van der Waals surface area contributed by atoms with Crippen LogP contribution >= 0.6 is 0 Å². The van der Waals surface area contributed by atoms with Crippen LogP contribution in [0.2, 0.25) is 0 Å². The van der Waals surface area contributed by atoms with Crippen LogP contribution in [-0.4, -0.2) is 16.3 Å². The van der Waals surface area contributed by atoms with Crippen molar-refractivity contribution in [3.05, 3.63) is 46.5 Å². The Morgan fingerprint density at radius 1 is 1.10 bits per heavy atom. The molecule has 6 heteroatoms. The fraction of sp³-hybridized carbons (Fsp3) is 0.400. The zero-order valence-corrected chi connectivity index (χ0v) is 12.1. The van der Waals surface area contributed by atoms with Crippen molar-refractivity contribution in [2.45, 2.75) is 33.1 Å². The smallest absolute Gasteiger partial charge is 0.194 e. The number of aryl methyl sites for hydroxylation is 1. The molecule has 2 aromatic rings. The van der Waals surface area contributed by atoms with Crippen LogP contribution in [-0.2, 0) is 19.3 Å². The summed E-state index contributed by atoms with van der Waals surface area (Å²) in [5, 5.41) is 4.41. The van der Waals surface area contributed by atoms with Gasteiger partial charge in [0.25, 0.3) is 0 Å². The number of aromatic nitrogens is 2. The molecule has 1 heterocycles. The highest BCUT2D eigenvalue weighted by Crippen LogP contribution is 2.23. The van der Waals surface area contributed by atoms with Crippen LogP contribution in [0.4, 0.5) is 13.2 Å². The fourth-order valence-electron chi connectivity index (χ4n) is 2.49. The van der Waals surface area contributed by atoms with Crippen LogP contribution in [0, 0.1) is 17.5 Å². The van der Waals surface area contributed by atoms with Crippen LogP contribution in [0.3, 0.4) is 0 Å². The van der Waals surface area contributed by atoms with Crippen LogP contribution in [0.1, 0.15) is 30.8 Å². The van der Waals surface area contributed by atoms with Crippen molar-refractivity contribution in [2.24, 2.45) is 5.73 Å². The normalized spacial score (nSPS) is 11.1. The van der Waals surface area contributed by atoms with Gasteiger partial charge in [-0.05, 0) is 31.4 Å². The van der Waals surface area contributed by atoms with Crippen molar-refractivity contribution in [3.8, 4) is 5.69 Å². The first-order valence-electron chi connectivity index (χ1n) is 6.98. The molecule has 0 bridgehead atoms. The van der Waals surface area contributed by atoms with Gasteiger partial charge in [0.2, 0.25) is 0 Å². The predicted molar refractivity (Wildman–Crippen MR) is 75.0 cm³/mol. The molecule has 0 unspecified atom stereocenters. The van der Waals surface area contributed by atoms with Gasteiger partial charge in [0, 0.05) is 17.8 Å². The molecule has 0 saturated heterocycles. The van der Waals surface area contributed by atoms with Gasteiger partial charge < -0.3 is 5.73 Å². The summed E-state index contributed by atoms with van der Waals surface area (Å²) in [5.74, 6) is -3.91. The van der Waals surface area contributed by atoms with Gasteiger partial charge in [-0.25, -0.2) is 17.9 Å². The number of hydrogen-bond acceptors (Lipinski definition) is 2. The zero-order chi connectivity index (χ0) is 15.6. The second-order valence-electron chi connectivity index (χ2n) is 4.75. The van der Waals surface area contributed by atoms with Gasteiger partial charge in [-0.15, -0.1) is 0 Å². The van der Waals surface area contributed by atoms with E-state index >= 15 is 0 Å². The first kappa shape index (κ1) is 15.6. The summed E-state index contributed by atoms with van der Waals surface area (Å²) < 4.78 is 41.4. The van der Waals surface area contributed by atoms with E-state index in [2.05, 4.69) is 5.10 Å². The maximum Gasteiger partial charge on any atom is 0.194 e. The van der Waals surface area contributed by atoms with Crippen LogP contribution < -0.4 is 5.73 Å². The summed E-state index contributed by atoms with van der Waals surface area (Å²) >= 11 is 0. The molecule has 0 saturated carbocycles. The molecule has 0 spiro atoms. The fourth-order valence-corrected chi connectivity index (χ4v) is 2.49. The van der Waals surface area contributed by atoms with E-state index < -0.39 is 17.5 Å². The molecule has 0 atom stereocenters. The van der Waals surface area contributed by atoms with Crippen molar-refractivity contribution >= 4 is 0 Å². The van der Waals surface area contributed by atoms with Crippen LogP contribution in [0.25, 0.3) is 5.69 Å². The first-order valence-corrected chi connectivity index (χ1v) is 6.98. The Labute approximate surface area is 121 Å². The van der Waals surface area contributed by atoms with Crippen LogP contribution in [0.15, 0.2) is 12.1 Å². The number of halogens is 3. The standard InChI is InChI=1S/C15H18F3N3/c1-3-13-10(5-6-19)14(4-2)21(20-13)9-7-11(16)15(18)12(17)8-9/h7-8H,3-6,19H2,1-2H3. The van der Waals surface area contributed by atoms with E-state index in [4.69, 9.17) is 5.73 Å². The minimum Gasteiger partial charge on any atom is -0.330 e. The second kappa shape index (κ2) is 6.30. The predicted octanol–water partition coefficient (Wildman–Crippen LogP) is 2.92. The molecule has 1 aromatic heterocycles. The number of rotatable bonds is 5. The van der Waals surface area contributed by atoms with Gasteiger partial charge in [0.1, 0.15) is 0 Å². The third kappa shape index (κ3) is 2.81. The summed E-state index contributed by atoms with van der Waals surface area (Å²) in [6.07, 6.45) is 1.99. The number of nitrogens with zero attached hydrogens (tertiary/aromatic N) is 2. The average Bonchev–Trinajstić information content (AvgIpc) is 2.82. The molecule has 2 rings (SSSR count). The average molecular weight is 297 g/mol. The molecule has 0 radical (unpaired) electrons. The van der Waals surface area contributed by atoms with Crippen molar-refractivity contribution in [1.82, 2.24) is 9.78 Å². The summed E-state index contributed by atoms with van der Waals surface area (Å²) in [6.45, 7) is 4.36. The summed E-state index contributed by atoms with van der Waals surface area (Å²) in [6, 6.07) is 1.91. The van der Waals surface area contributed by atoms with E-state index in [0.29, 0.717) is 25.8 Å². The summed E-state index contributed by atoms with van der Waals surface area (Å²) in [4.78, 5) is 0. The van der Waals surface area contributed by atoms with Crippen LogP contribution in [0.5, 0.6) is 0 Å². The number of hydrogen-bond donors (Lipinski definition) is 1. The highest BCUT2D eigenvalue weighted by molar-refractivity contribution is 5.39. The van der Waals surface area contributed by atoms with Gasteiger partial charge in [-0.1, -0.05) is 13.8 Å². The lowest BCUT2D eigenvalue weighted by molar-refractivity contribution is 0.445. The monoisotopic (exact) mass is 297 g/mol. The van der Waals surface area contributed by atoms with E-state index in [-0.39, 0.29) is 5.69 Å². The highest BCUT2D eigenvalue weighted by Gasteiger charge is 2.18. The Balaban J connectivity index is 2.63.